The summed E-state index contributed by atoms with van der Waals surface area (Å²) in [7, 11) is -0.330. The zero-order valence-electron chi connectivity index (χ0n) is 21.7. The van der Waals surface area contributed by atoms with E-state index in [1.807, 2.05) is 33.0 Å². The van der Waals surface area contributed by atoms with Gasteiger partial charge in [-0.2, -0.15) is 0 Å². The van der Waals surface area contributed by atoms with Crippen molar-refractivity contribution < 1.29 is 13.2 Å². The molecule has 0 saturated carbocycles. The van der Waals surface area contributed by atoms with Crippen molar-refractivity contribution in [2.24, 2.45) is 4.99 Å². The summed E-state index contributed by atoms with van der Waals surface area (Å²) in [6.07, 6.45) is 2.55. The van der Waals surface area contributed by atoms with Gasteiger partial charge in [0, 0.05) is 43.8 Å². The van der Waals surface area contributed by atoms with Crippen LogP contribution in [0.3, 0.4) is 0 Å². The van der Waals surface area contributed by atoms with E-state index in [-0.39, 0.29) is 4.90 Å². The van der Waals surface area contributed by atoms with Crippen molar-refractivity contribution in [1.82, 2.24) is 9.80 Å². The predicted octanol–water partition coefficient (Wildman–Crippen LogP) is 3.43. The highest BCUT2D eigenvalue weighted by molar-refractivity contribution is 7.93. The topological polar surface area (TPSA) is 74.2 Å². The van der Waals surface area contributed by atoms with E-state index in [1.165, 1.54) is 0 Å². The fourth-order valence-electron chi connectivity index (χ4n) is 4.23. The molecule has 0 unspecified atom stereocenters. The zero-order chi connectivity index (χ0) is 26.5. The molecular weight excluding hydrogens is 471 g/mol. The standard InChI is InChI=1S/C27H35BN4O3S/c1-7-29-27-19(2)10-8-11-26(27)36(33,34)30-25-13-12-23(18-24(25)28)21(4)32-15-9-14-31(16-17-32)20(3)22(5)35-6/h7-8,10-13,18,30H,3-5,9,14-17,28H2,1-2,6H3/b29-7-. The molecule has 1 aliphatic heterocycles. The van der Waals surface area contributed by atoms with Crippen LogP contribution in [0.5, 0.6) is 0 Å². The van der Waals surface area contributed by atoms with Crippen LogP contribution in [-0.4, -0.2) is 65.6 Å². The Morgan fingerprint density at radius 2 is 1.81 bits per heavy atom. The normalized spacial score (nSPS) is 14.4. The molecule has 0 bridgehead atoms. The van der Waals surface area contributed by atoms with Crippen LogP contribution in [0.15, 0.2) is 77.5 Å². The van der Waals surface area contributed by atoms with Crippen molar-refractivity contribution in [3.63, 3.8) is 0 Å². The van der Waals surface area contributed by atoms with Gasteiger partial charge in [-0.05, 0) is 43.5 Å². The third-order valence-electron chi connectivity index (χ3n) is 6.38. The summed E-state index contributed by atoms with van der Waals surface area (Å²) < 4.78 is 34.4. The molecule has 190 valence electrons. The molecule has 0 atom stereocenters. The van der Waals surface area contributed by atoms with Crippen LogP contribution in [0.2, 0.25) is 0 Å². The summed E-state index contributed by atoms with van der Waals surface area (Å²) in [4.78, 5) is 8.87. The summed E-state index contributed by atoms with van der Waals surface area (Å²) >= 11 is 0. The maximum atomic E-state index is 13.2. The molecule has 1 heterocycles. The number of nitrogens with one attached hydrogen (secondary N) is 1. The molecule has 2 aromatic rings. The SMILES string of the molecule is Bc1cc(C(=C)N2CCCN(C(=C)C(=C)OC)CC2)ccc1NS(=O)(=O)c1cccc(C)c1/N=C\C. The summed E-state index contributed by atoms with van der Waals surface area (Å²) in [5, 5.41) is 0. The fourth-order valence-corrected chi connectivity index (χ4v) is 5.59. The highest BCUT2D eigenvalue weighted by atomic mass is 32.2. The Kier molecular flexibility index (Phi) is 8.68. The third kappa shape index (κ3) is 6.02. The second-order valence-electron chi connectivity index (χ2n) is 8.79. The highest BCUT2D eigenvalue weighted by Crippen LogP contribution is 2.29. The van der Waals surface area contributed by atoms with Crippen molar-refractivity contribution in [2.75, 3.05) is 38.0 Å². The van der Waals surface area contributed by atoms with Crippen LogP contribution in [0.1, 0.15) is 24.5 Å². The first kappa shape index (κ1) is 27.1. The van der Waals surface area contributed by atoms with Gasteiger partial charge in [-0.1, -0.05) is 49.5 Å². The Labute approximate surface area is 216 Å². The van der Waals surface area contributed by atoms with Gasteiger partial charge in [0.25, 0.3) is 10.0 Å². The Hall–Kier alpha value is -3.46. The van der Waals surface area contributed by atoms with Crippen molar-refractivity contribution in [1.29, 1.82) is 0 Å². The van der Waals surface area contributed by atoms with Crippen LogP contribution in [0, 0.1) is 6.92 Å². The van der Waals surface area contributed by atoms with Gasteiger partial charge < -0.3 is 14.5 Å². The molecule has 0 amide bonds. The maximum absolute atomic E-state index is 13.2. The number of aliphatic imine (C=N–C) groups is 1. The van der Waals surface area contributed by atoms with E-state index in [0.29, 0.717) is 17.1 Å². The van der Waals surface area contributed by atoms with Crippen LogP contribution in [-0.2, 0) is 14.8 Å². The van der Waals surface area contributed by atoms with Crippen molar-refractivity contribution >= 4 is 46.6 Å². The zero-order valence-corrected chi connectivity index (χ0v) is 22.5. The third-order valence-corrected chi connectivity index (χ3v) is 7.78. The van der Waals surface area contributed by atoms with Gasteiger partial charge in [-0.3, -0.25) is 9.71 Å². The molecule has 7 nitrogen and oxygen atoms in total. The van der Waals surface area contributed by atoms with Crippen LogP contribution in [0.25, 0.3) is 5.70 Å². The Bertz CT molecular complexity index is 1300. The highest BCUT2D eigenvalue weighted by Gasteiger charge is 2.22. The van der Waals surface area contributed by atoms with E-state index in [0.717, 1.165) is 60.6 Å². The number of sulfonamides is 1. The second-order valence-corrected chi connectivity index (χ2v) is 10.4. The number of hydrogen-bond acceptors (Lipinski definition) is 6. The number of nitrogens with zero attached hydrogens (tertiary/aromatic N) is 3. The second kappa shape index (κ2) is 11.5. The van der Waals surface area contributed by atoms with E-state index in [9.17, 15) is 8.42 Å². The molecule has 36 heavy (non-hydrogen) atoms. The minimum atomic E-state index is -3.82. The number of anilines is 1. The van der Waals surface area contributed by atoms with E-state index >= 15 is 0 Å². The van der Waals surface area contributed by atoms with E-state index < -0.39 is 10.0 Å². The Morgan fingerprint density at radius 1 is 1.11 bits per heavy atom. The Balaban J connectivity index is 1.76. The fraction of sp³-hybridized carbons (Fsp3) is 0.296. The number of ether oxygens (including phenoxy) is 1. The van der Waals surface area contributed by atoms with Gasteiger partial charge in [0.2, 0.25) is 0 Å². The predicted molar refractivity (Wildman–Crippen MR) is 153 cm³/mol. The first-order valence-corrected chi connectivity index (χ1v) is 13.4. The first-order valence-electron chi connectivity index (χ1n) is 11.9. The van der Waals surface area contributed by atoms with Crippen molar-refractivity contribution in [3.05, 3.63) is 78.7 Å². The first-order chi connectivity index (χ1) is 17.1. The maximum Gasteiger partial charge on any atom is 0.264 e. The number of para-hydroxylation sites is 1. The molecule has 1 aliphatic rings. The van der Waals surface area contributed by atoms with Gasteiger partial charge in [0.15, 0.2) is 0 Å². The van der Waals surface area contributed by atoms with Gasteiger partial charge in [-0.25, -0.2) is 8.42 Å². The van der Waals surface area contributed by atoms with Crippen LogP contribution in [0.4, 0.5) is 11.4 Å². The van der Waals surface area contributed by atoms with Gasteiger partial charge in [-0.15, -0.1) is 0 Å². The number of methoxy groups -OCH3 is 1. The summed E-state index contributed by atoms with van der Waals surface area (Å²) in [5.41, 5.74) is 5.24. The average Bonchev–Trinajstić information content (AvgIpc) is 3.11. The lowest BCUT2D eigenvalue weighted by atomic mass is 9.91. The molecule has 1 saturated heterocycles. The van der Waals surface area contributed by atoms with Crippen LogP contribution < -0.4 is 10.2 Å². The quantitative estimate of drug-likeness (QED) is 0.244. The molecule has 9 heteroatoms. The summed E-state index contributed by atoms with van der Waals surface area (Å²) in [6, 6.07) is 10.8. The van der Waals surface area contributed by atoms with Crippen molar-refractivity contribution in [2.45, 2.75) is 25.2 Å². The van der Waals surface area contributed by atoms with E-state index in [2.05, 4.69) is 39.3 Å². The summed E-state index contributed by atoms with van der Waals surface area (Å²) in [6.45, 7) is 19.3. The minimum Gasteiger partial charge on any atom is -0.495 e. The lowest BCUT2D eigenvalue weighted by Gasteiger charge is -2.27. The smallest absolute Gasteiger partial charge is 0.264 e. The number of benzene rings is 2. The molecule has 0 aliphatic carbocycles. The average molecular weight is 506 g/mol. The Morgan fingerprint density at radius 3 is 2.47 bits per heavy atom. The molecule has 1 N–H and O–H groups in total. The molecule has 0 aromatic heterocycles. The number of rotatable bonds is 9. The largest absolute Gasteiger partial charge is 0.495 e. The lowest BCUT2D eigenvalue weighted by molar-refractivity contribution is 0.260. The van der Waals surface area contributed by atoms with E-state index in [1.54, 1.807) is 38.4 Å². The van der Waals surface area contributed by atoms with Gasteiger partial charge in [0.1, 0.15) is 18.5 Å². The van der Waals surface area contributed by atoms with Crippen molar-refractivity contribution in [3.8, 4) is 0 Å². The molecule has 3 rings (SSSR count). The van der Waals surface area contributed by atoms with Crippen LogP contribution >= 0.6 is 0 Å². The monoisotopic (exact) mass is 506 g/mol. The molecular formula is C27H35BN4O3S. The molecule has 0 radical (unpaired) electrons. The molecule has 2 aromatic carbocycles. The molecule has 1 fully saturated rings. The number of hydrogen-bond donors (Lipinski definition) is 1. The van der Waals surface area contributed by atoms with E-state index in [4.69, 9.17) is 4.74 Å². The van der Waals surface area contributed by atoms with Gasteiger partial charge >= 0.3 is 0 Å². The molecule has 0 spiro atoms. The number of aryl methyl sites for hydroxylation is 1. The minimum absolute atomic E-state index is 0.153. The lowest BCUT2D eigenvalue weighted by Crippen LogP contribution is -2.30. The summed E-state index contributed by atoms with van der Waals surface area (Å²) in [5.74, 6) is 0.579. The van der Waals surface area contributed by atoms with Gasteiger partial charge in [0.05, 0.1) is 18.5 Å².